The molecule has 0 bridgehead atoms. The quantitative estimate of drug-likeness (QED) is 0.739. The van der Waals surface area contributed by atoms with Crippen LogP contribution in [0.1, 0.15) is 44.1 Å². The van der Waals surface area contributed by atoms with Gasteiger partial charge in [0.1, 0.15) is 0 Å². The van der Waals surface area contributed by atoms with Crippen LogP contribution >= 0.6 is 0 Å². The molecule has 1 aromatic carbocycles. The summed E-state index contributed by atoms with van der Waals surface area (Å²) in [5.74, 6) is 0. The van der Waals surface area contributed by atoms with Crippen LogP contribution in [0.25, 0.3) is 0 Å². The van der Waals surface area contributed by atoms with Crippen molar-refractivity contribution in [3.8, 4) is 6.07 Å². The van der Waals surface area contributed by atoms with Crippen LogP contribution in [-0.4, -0.2) is 0 Å². The Morgan fingerprint density at radius 1 is 1.12 bits per heavy atom. The van der Waals surface area contributed by atoms with Crippen molar-refractivity contribution in [3.63, 3.8) is 0 Å². The van der Waals surface area contributed by atoms with Gasteiger partial charge in [-0.2, -0.15) is 5.26 Å². The summed E-state index contributed by atoms with van der Waals surface area (Å²) in [5, 5.41) is 9.26. The summed E-state index contributed by atoms with van der Waals surface area (Å²) in [6.45, 7) is 0. The second-order valence-electron chi connectivity index (χ2n) is 4.94. The summed E-state index contributed by atoms with van der Waals surface area (Å²) in [6.07, 6.45) is 8.09. The van der Waals surface area contributed by atoms with E-state index in [1.807, 2.05) is 0 Å². The minimum atomic E-state index is 0.0226. The zero-order valence-corrected chi connectivity index (χ0v) is 9.78. The first kappa shape index (κ1) is 11.2. The van der Waals surface area contributed by atoms with E-state index >= 15 is 0 Å². The molecule has 1 aliphatic carbocycles. The van der Waals surface area contributed by atoms with Crippen molar-refractivity contribution in [2.75, 3.05) is 0 Å². The van der Waals surface area contributed by atoms with Crippen LogP contribution in [-0.2, 0) is 6.42 Å². The van der Waals surface area contributed by atoms with E-state index in [1.54, 1.807) is 0 Å². The molecule has 1 saturated carbocycles. The number of aryl methyl sites for hydroxylation is 1. The monoisotopic (exact) mass is 213 g/mol. The molecule has 0 radical (unpaired) electrons. The maximum atomic E-state index is 9.26. The van der Waals surface area contributed by atoms with Crippen molar-refractivity contribution >= 4 is 0 Å². The second-order valence-corrected chi connectivity index (χ2v) is 4.94. The van der Waals surface area contributed by atoms with Crippen LogP contribution in [0.15, 0.2) is 30.3 Å². The Morgan fingerprint density at radius 3 is 2.44 bits per heavy atom. The van der Waals surface area contributed by atoms with Crippen molar-refractivity contribution in [2.24, 2.45) is 5.41 Å². The van der Waals surface area contributed by atoms with Gasteiger partial charge in [0.15, 0.2) is 0 Å². The van der Waals surface area contributed by atoms with Crippen molar-refractivity contribution in [2.45, 2.75) is 44.9 Å². The van der Waals surface area contributed by atoms with Gasteiger partial charge in [-0.15, -0.1) is 0 Å². The lowest BCUT2D eigenvalue weighted by molar-refractivity contribution is 0.365. The lowest BCUT2D eigenvalue weighted by Gasteiger charge is -2.19. The van der Waals surface area contributed by atoms with Crippen molar-refractivity contribution in [1.82, 2.24) is 0 Å². The summed E-state index contributed by atoms with van der Waals surface area (Å²) < 4.78 is 0. The third-order valence-electron chi connectivity index (χ3n) is 3.76. The van der Waals surface area contributed by atoms with Crippen molar-refractivity contribution in [3.05, 3.63) is 35.9 Å². The van der Waals surface area contributed by atoms with E-state index in [0.717, 1.165) is 32.1 Å². The van der Waals surface area contributed by atoms with Crippen LogP contribution in [0.2, 0.25) is 0 Å². The number of nitrogens with zero attached hydrogens (tertiary/aromatic N) is 1. The molecule has 0 amide bonds. The Labute approximate surface area is 98.1 Å². The molecule has 0 atom stereocenters. The van der Waals surface area contributed by atoms with E-state index in [9.17, 15) is 5.26 Å². The van der Waals surface area contributed by atoms with Crippen molar-refractivity contribution < 1.29 is 0 Å². The zero-order chi connectivity index (χ0) is 11.3. The number of benzene rings is 1. The molecule has 0 saturated heterocycles. The number of hydrogen-bond donors (Lipinski definition) is 0. The minimum absolute atomic E-state index is 0.0226. The molecular weight excluding hydrogens is 194 g/mol. The molecule has 16 heavy (non-hydrogen) atoms. The summed E-state index contributed by atoms with van der Waals surface area (Å²) in [4.78, 5) is 0. The van der Waals surface area contributed by atoms with Crippen LogP contribution in [0, 0.1) is 16.7 Å². The fourth-order valence-electron chi connectivity index (χ4n) is 2.75. The first-order valence-electron chi connectivity index (χ1n) is 6.30. The van der Waals surface area contributed by atoms with Gasteiger partial charge in [0.05, 0.1) is 11.5 Å². The molecule has 1 fully saturated rings. The first-order valence-corrected chi connectivity index (χ1v) is 6.30. The lowest BCUT2D eigenvalue weighted by atomic mass is 9.82. The van der Waals surface area contributed by atoms with Gasteiger partial charge in [-0.1, -0.05) is 43.2 Å². The summed E-state index contributed by atoms with van der Waals surface area (Å²) in [7, 11) is 0. The van der Waals surface area contributed by atoms with Gasteiger partial charge < -0.3 is 0 Å². The molecule has 2 rings (SSSR count). The maximum absolute atomic E-state index is 9.26. The lowest BCUT2D eigenvalue weighted by Crippen LogP contribution is -2.13. The van der Waals surface area contributed by atoms with Crippen LogP contribution < -0.4 is 0 Å². The van der Waals surface area contributed by atoms with Gasteiger partial charge in [0, 0.05) is 0 Å². The fourth-order valence-corrected chi connectivity index (χ4v) is 2.75. The molecule has 1 heteroatoms. The average Bonchev–Trinajstić information content (AvgIpc) is 2.80. The topological polar surface area (TPSA) is 23.8 Å². The van der Waals surface area contributed by atoms with E-state index in [4.69, 9.17) is 0 Å². The summed E-state index contributed by atoms with van der Waals surface area (Å²) in [5.41, 5.74) is 1.42. The zero-order valence-electron chi connectivity index (χ0n) is 9.78. The molecule has 84 valence electrons. The maximum Gasteiger partial charge on any atom is 0.0689 e. The molecule has 1 aromatic rings. The molecule has 0 heterocycles. The molecule has 0 aromatic heterocycles. The second kappa shape index (κ2) is 5.16. The fraction of sp³-hybridized carbons (Fsp3) is 0.533. The normalized spacial score (nSPS) is 18.2. The standard InChI is InChI=1S/C15H19N/c16-13-15(10-4-5-11-15)12-6-9-14-7-2-1-3-8-14/h1-3,7-8H,4-6,9-12H2. The highest BCUT2D eigenvalue weighted by molar-refractivity contribution is 5.14. The smallest absolute Gasteiger partial charge is 0.0689 e. The Morgan fingerprint density at radius 2 is 1.81 bits per heavy atom. The van der Waals surface area contributed by atoms with E-state index in [2.05, 4.69) is 36.4 Å². The van der Waals surface area contributed by atoms with Gasteiger partial charge in [-0.05, 0) is 37.7 Å². The van der Waals surface area contributed by atoms with Crippen molar-refractivity contribution in [1.29, 1.82) is 5.26 Å². The molecule has 0 unspecified atom stereocenters. The van der Waals surface area contributed by atoms with E-state index < -0.39 is 0 Å². The molecule has 0 spiro atoms. The Balaban J connectivity index is 1.82. The van der Waals surface area contributed by atoms with E-state index in [-0.39, 0.29) is 5.41 Å². The number of rotatable bonds is 4. The van der Waals surface area contributed by atoms with Gasteiger partial charge in [-0.3, -0.25) is 0 Å². The van der Waals surface area contributed by atoms with Gasteiger partial charge >= 0.3 is 0 Å². The Bertz CT molecular complexity index is 355. The summed E-state index contributed by atoms with van der Waals surface area (Å²) in [6, 6.07) is 13.1. The minimum Gasteiger partial charge on any atom is -0.198 e. The highest BCUT2D eigenvalue weighted by atomic mass is 14.4. The third-order valence-corrected chi connectivity index (χ3v) is 3.76. The Hall–Kier alpha value is -1.29. The predicted molar refractivity (Wildman–Crippen MR) is 65.9 cm³/mol. The van der Waals surface area contributed by atoms with E-state index in [1.165, 1.54) is 18.4 Å². The Kier molecular flexibility index (Phi) is 3.62. The number of hydrogen-bond acceptors (Lipinski definition) is 1. The predicted octanol–water partition coefficient (Wildman–Crippen LogP) is 4.09. The molecule has 0 N–H and O–H groups in total. The third kappa shape index (κ3) is 2.64. The molecule has 1 aliphatic rings. The van der Waals surface area contributed by atoms with E-state index in [0.29, 0.717) is 0 Å². The largest absolute Gasteiger partial charge is 0.198 e. The SMILES string of the molecule is N#CC1(CCCc2ccccc2)CCCC1. The molecule has 0 aliphatic heterocycles. The number of nitriles is 1. The van der Waals surface area contributed by atoms with Crippen LogP contribution in [0.5, 0.6) is 0 Å². The van der Waals surface area contributed by atoms with Crippen LogP contribution in [0.3, 0.4) is 0 Å². The first-order chi connectivity index (χ1) is 7.85. The van der Waals surface area contributed by atoms with Gasteiger partial charge in [0.25, 0.3) is 0 Å². The summed E-state index contributed by atoms with van der Waals surface area (Å²) >= 11 is 0. The molecule has 1 nitrogen and oxygen atoms in total. The van der Waals surface area contributed by atoms with Crippen LogP contribution in [0.4, 0.5) is 0 Å². The molecular formula is C15H19N. The average molecular weight is 213 g/mol. The van der Waals surface area contributed by atoms with Gasteiger partial charge in [0.2, 0.25) is 0 Å². The highest BCUT2D eigenvalue weighted by Crippen LogP contribution is 2.41. The van der Waals surface area contributed by atoms with Gasteiger partial charge in [-0.25, -0.2) is 0 Å². The highest BCUT2D eigenvalue weighted by Gasteiger charge is 2.32.